The van der Waals surface area contributed by atoms with E-state index in [-0.39, 0.29) is 5.91 Å². The number of carbonyl (C=O) groups is 2. The van der Waals surface area contributed by atoms with Crippen molar-refractivity contribution < 1.29 is 24.2 Å². The lowest BCUT2D eigenvalue weighted by Gasteiger charge is -2.06. The van der Waals surface area contributed by atoms with Crippen molar-refractivity contribution in [2.75, 3.05) is 19.0 Å². The standard InChI is InChI=1S/C18H16BrNO5/c1-24-16-8-3-13(19)10-12(16)2-9-17(21)20-14-4-6-15(7-5-14)25-11-18(22)23/h2-10H,11H2,1H3,(H,20,21)(H,22,23). The highest BCUT2D eigenvalue weighted by molar-refractivity contribution is 9.10. The first-order valence-corrected chi connectivity index (χ1v) is 8.04. The molecule has 130 valence electrons. The van der Waals surface area contributed by atoms with E-state index >= 15 is 0 Å². The molecule has 0 aliphatic heterocycles. The highest BCUT2D eigenvalue weighted by atomic mass is 79.9. The van der Waals surface area contributed by atoms with Crippen LogP contribution in [-0.4, -0.2) is 30.7 Å². The third-order valence-electron chi connectivity index (χ3n) is 3.09. The van der Waals surface area contributed by atoms with Crippen molar-refractivity contribution in [3.8, 4) is 11.5 Å². The summed E-state index contributed by atoms with van der Waals surface area (Å²) >= 11 is 3.38. The summed E-state index contributed by atoms with van der Waals surface area (Å²) in [5.41, 5.74) is 1.34. The van der Waals surface area contributed by atoms with Crippen LogP contribution in [0.3, 0.4) is 0 Å². The van der Waals surface area contributed by atoms with Crippen molar-refractivity contribution >= 4 is 39.6 Å². The zero-order valence-electron chi connectivity index (χ0n) is 13.4. The number of halogens is 1. The number of hydrogen-bond acceptors (Lipinski definition) is 4. The van der Waals surface area contributed by atoms with Gasteiger partial charge in [-0.15, -0.1) is 0 Å². The zero-order valence-corrected chi connectivity index (χ0v) is 14.9. The normalized spacial score (nSPS) is 10.5. The number of anilines is 1. The van der Waals surface area contributed by atoms with Crippen molar-refractivity contribution in [1.82, 2.24) is 0 Å². The lowest BCUT2D eigenvalue weighted by atomic mass is 10.2. The number of nitrogens with one attached hydrogen (secondary N) is 1. The second-order valence-corrected chi connectivity index (χ2v) is 5.83. The molecule has 6 nitrogen and oxygen atoms in total. The number of carbonyl (C=O) groups excluding carboxylic acids is 1. The lowest BCUT2D eigenvalue weighted by Crippen LogP contribution is -2.10. The molecule has 2 aromatic carbocycles. The number of carboxylic acids is 1. The van der Waals surface area contributed by atoms with Gasteiger partial charge in [-0.05, 0) is 48.5 Å². The van der Waals surface area contributed by atoms with Gasteiger partial charge in [0.15, 0.2) is 6.61 Å². The summed E-state index contributed by atoms with van der Waals surface area (Å²) in [6, 6.07) is 11.9. The maximum absolute atomic E-state index is 12.0. The second kappa shape index (κ2) is 8.89. The highest BCUT2D eigenvalue weighted by Gasteiger charge is 2.03. The van der Waals surface area contributed by atoms with Gasteiger partial charge in [-0.3, -0.25) is 4.79 Å². The minimum Gasteiger partial charge on any atom is -0.496 e. The minimum absolute atomic E-state index is 0.304. The van der Waals surface area contributed by atoms with Crippen molar-refractivity contribution in [2.45, 2.75) is 0 Å². The Morgan fingerprint density at radius 1 is 1.20 bits per heavy atom. The first-order chi connectivity index (χ1) is 12.0. The number of aliphatic carboxylic acids is 1. The molecule has 0 saturated carbocycles. The quantitative estimate of drug-likeness (QED) is 0.687. The van der Waals surface area contributed by atoms with Gasteiger partial charge in [0.25, 0.3) is 0 Å². The van der Waals surface area contributed by atoms with Gasteiger partial charge in [-0.1, -0.05) is 15.9 Å². The highest BCUT2D eigenvalue weighted by Crippen LogP contribution is 2.24. The Kier molecular flexibility index (Phi) is 6.59. The molecule has 0 atom stereocenters. The van der Waals surface area contributed by atoms with Crippen LogP contribution >= 0.6 is 15.9 Å². The molecular weight excluding hydrogens is 390 g/mol. The fraction of sp³-hybridized carbons (Fsp3) is 0.111. The Bertz CT molecular complexity index is 787. The van der Waals surface area contributed by atoms with Gasteiger partial charge in [-0.25, -0.2) is 4.79 Å². The molecule has 25 heavy (non-hydrogen) atoms. The summed E-state index contributed by atoms with van der Waals surface area (Å²) in [6.45, 7) is -0.414. The number of rotatable bonds is 7. The monoisotopic (exact) mass is 405 g/mol. The zero-order chi connectivity index (χ0) is 18.2. The summed E-state index contributed by atoms with van der Waals surface area (Å²) in [5, 5.41) is 11.3. The summed E-state index contributed by atoms with van der Waals surface area (Å²) < 4.78 is 11.1. The maximum Gasteiger partial charge on any atom is 0.341 e. The number of methoxy groups -OCH3 is 1. The number of ether oxygens (including phenoxy) is 2. The Labute approximate surface area is 153 Å². The van der Waals surface area contributed by atoms with E-state index < -0.39 is 12.6 Å². The Morgan fingerprint density at radius 3 is 2.56 bits per heavy atom. The summed E-state index contributed by atoms with van der Waals surface area (Å²) in [4.78, 5) is 22.5. The van der Waals surface area contributed by atoms with Gasteiger partial charge in [0, 0.05) is 21.8 Å². The Morgan fingerprint density at radius 2 is 1.92 bits per heavy atom. The SMILES string of the molecule is COc1ccc(Br)cc1C=CC(=O)Nc1ccc(OCC(=O)O)cc1. The van der Waals surface area contributed by atoms with Crippen LogP contribution in [-0.2, 0) is 9.59 Å². The fourth-order valence-corrected chi connectivity index (χ4v) is 2.34. The van der Waals surface area contributed by atoms with Crippen LogP contribution in [0, 0.1) is 0 Å². The van der Waals surface area contributed by atoms with Gasteiger partial charge in [0.1, 0.15) is 11.5 Å². The first-order valence-electron chi connectivity index (χ1n) is 7.25. The van der Waals surface area contributed by atoms with Crippen LogP contribution in [0.2, 0.25) is 0 Å². The molecular formula is C18H16BrNO5. The number of benzene rings is 2. The van der Waals surface area contributed by atoms with Gasteiger partial charge in [0.05, 0.1) is 7.11 Å². The van der Waals surface area contributed by atoms with Crippen molar-refractivity contribution in [3.63, 3.8) is 0 Å². The predicted octanol–water partition coefficient (Wildman–Crippen LogP) is 3.57. The summed E-state index contributed by atoms with van der Waals surface area (Å²) in [7, 11) is 1.56. The average molecular weight is 406 g/mol. The topological polar surface area (TPSA) is 84.9 Å². The van der Waals surface area contributed by atoms with E-state index in [2.05, 4.69) is 21.2 Å². The van der Waals surface area contributed by atoms with Crippen LogP contribution in [0.5, 0.6) is 11.5 Å². The van der Waals surface area contributed by atoms with Crippen molar-refractivity contribution in [2.24, 2.45) is 0 Å². The molecule has 0 radical (unpaired) electrons. The smallest absolute Gasteiger partial charge is 0.341 e. The molecule has 0 saturated heterocycles. The van der Waals surface area contributed by atoms with E-state index in [0.717, 1.165) is 10.0 Å². The van der Waals surface area contributed by atoms with Crippen molar-refractivity contribution in [3.05, 3.63) is 58.6 Å². The number of amides is 1. The molecule has 0 unspecified atom stereocenters. The molecule has 1 amide bonds. The molecule has 7 heteroatoms. The number of hydrogen-bond donors (Lipinski definition) is 2. The molecule has 2 aromatic rings. The van der Waals surface area contributed by atoms with Crippen molar-refractivity contribution in [1.29, 1.82) is 0 Å². The van der Waals surface area contributed by atoms with Crippen LogP contribution in [0.25, 0.3) is 6.08 Å². The Hall–Kier alpha value is -2.80. The van der Waals surface area contributed by atoms with Crippen LogP contribution in [0.4, 0.5) is 5.69 Å². The minimum atomic E-state index is -1.05. The molecule has 0 aliphatic rings. The van der Waals surface area contributed by atoms with Gasteiger partial charge < -0.3 is 19.9 Å². The molecule has 2 N–H and O–H groups in total. The largest absolute Gasteiger partial charge is 0.496 e. The van der Waals surface area contributed by atoms with Gasteiger partial charge >= 0.3 is 5.97 Å². The second-order valence-electron chi connectivity index (χ2n) is 4.92. The van der Waals surface area contributed by atoms with E-state index in [9.17, 15) is 9.59 Å². The molecule has 0 aliphatic carbocycles. The summed E-state index contributed by atoms with van der Waals surface area (Å²) in [5.74, 6) is -0.284. The van der Waals surface area contributed by atoms with E-state index in [0.29, 0.717) is 17.2 Å². The molecule has 0 heterocycles. The van der Waals surface area contributed by atoms with Crippen LogP contribution in [0.1, 0.15) is 5.56 Å². The van der Waals surface area contributed by atoms with E-state index in [1.54, 1.807) is 43.5 Å². The lowest BCUT2D eigenvalue weighted by molar-refractivity contribution is -0.139. The third-order valence-corrected chi connectivity index (χ3v) is 3.58. The molecule has 0 bridgehead atoms. The van der Waals surface area contributed by atoms with Crippen LogP contribution < -0.4 is 14.8 Å². The third kappa shape index (κ3) is 5.96. The van der Waals surface area contributed by atoms with E-state index in [1.165, 1.54) is 6.08 Å². The summed E-state index contributed by atoms with van der Waals surface area (Å²) in [6.07, 6.45) is 3.06. The molecule has 0 aromatic heterocycles. The fourth-order valence-electron chi connectivity index (χ4n) is 1.96. The maximum atomic E-state index is 12.0. The van der Waals surface area contributed by atoms with E-state index in [1.807, 2.05) is 12.1 Å². The van der Waals surface area contributed by atoms with Gasteiger partial charge in [-0.2, -0.15) is 0 Å². The van der Waals surface area contributed by atoms with Crippen LogP contribution in [0.15, 0.2) is 53.0 Å². The molecule has 2 rings (SSSR count). The van der Waals surface area contributed by atoms with E-state index in [4.69, 9.17) is 14.6 Å². The Balaban J connectivity index is 1.98. The predicted molar refractivity (Wildman–Crippen MR) is 97.9 cm³/mol. The molecule has 0 spiro atoms. The van der Waals surface area contributed by atoms with Gasteiger partial charge in [0.2, 0.25) is 5.91 Å². The first kappa shape index (κ1) is 18.5. The number of carboxylic acid groups (broad SMARTS) is 1. The molecule has 0 fully saturated rings. The average Bonchev–Trinajstić information content (AvgIpc) is 2.59.